The number of halogens is 2. The molecule has 32 heavy (non-hydrogen) atoms. The van der Waals surface area contributed by atoms with Crippen LogP contribution in [0.1, 0.15) is 39.7 Å². The number of carbonyl (C=O) groups is 2. The molecule has 6 nitrogen and oxygen atoms in total. The molecule has 8 heteroatoms. The fourth-order valence-electron chi connectivity index (χ4n) is 3.11. The first kappa shape index (κ1) is 26.0. The van der Waals surface area contributed by atoms with E-state index in [0.29, 0.717) is 17.2 Å². The Morgan fingerprint density at radius 1 is 1.16 bits per heavy atom. The summed E-state index contributed by atoms with van der Waals surface area (Å²) in [6.07, 6.45) is 0.461. The second-order valence-corrected chi connectivity index (χ2v) is 9.72. The zero-order valence-electron chi connectivity index (χ0n) is 19.1. The highest BCUT2D eigenvalue weighted by Gasteiger charge is 2.31. The standard InChI is InChI=1S/C24H30BrClN2O4/c1-6-20(23(30)27-24(2,3)4)28(14-16-7-10-18(31-5)11-8-16)22(29)15-32-21-12-9-17(25)13-19(21)26/h7-13,20H,6,14-15H2,1-5H3,(H,27,30)/t20-/m0/s1. The van der Waals surface area contributed by atoms with Crippen LogP contribution < -0.4 is 14.8 Å². The molecule has 0 heterocycles. The molecule has 0 aliphatic heterocycles. The highest BCUT2D eigenvalue weighted by Crippen LogP contribution is 2.28. The van der Waals surface area contributed by atoms with Crippen LogP contribution in [0.3, 0.4) is 0 Å². The van der Waals surface area contributed by atoms with Gasteiger partial charge in [0.25, 0.3) is 5.91 Å². The molecule has 2 rings (SSSR count). The third-order valence-electron chi connectivity index (χ3n) is 4.64. The third kappa shape index (κ3) is 7.71. The monoisotopic (exact) mass is 524 g/mol. The van der Waals surface area contributed by atoms with Crippen molar-refractivity contribution in [2.75, 3.05) is 13.7 Å². The number of ether oxygens (including phenoxy) is 2. The van der Waals surface area contributed by atoms with Gasteiger partial charge in [0, 0.05) is 16.6 Å². The molecule has 0 aliphatic rings. The van der Waals surface area contributed by atoms with Gasteiger partial charge in [-0.1, -0.05) is 46.6 Å². The number of benzene rings is 2. The van der Waals surface area contributed by atoms with E-state index in [1.807, 2.05) is 52.0 Å². The van der Waals surface area contributed by atoms with E-state index in [4.69, 9.17) is 21.1 Å². The van der Waals surface area contributed by atoms with Gasteiger partial charge in [-0.3, -0.25) is 9.59 Å². The Bertz CT molecular complexity index is 929. The Balaban J connectivity index is 2.25. The van der Waals surface area contributed by atoms with E-state index >= 15 is 0 Å². The summed E-state index contributed by atoms with van der Waals surface area (Å²) in [5, 5.41) is 3.37. The molecule has 0 spiro atoms. The highest BCUT2D eigenvalue weighted by atomic mass is 79.9. The van der Waals surface area contributed by atoms with Crippen molar-refractivity contribution in [2.24, 2.45) is 0 Å². The van der Waals surface area contributed by atoms with E-state index in [1.165, 1.54) is 0 Å². The van der Waals surface area contributed by atoms with Gasteiger partial charge >= 0.3 is 0 Å². The predicted molar refractivity (Wildman–Crippen MR) is 130 cm³/mol. The van der Waals surface area contributed by atoms with Gasteiger partial charge in [0.15, 0.2) is 6.61 Å². The maximum atomic E-state index is 13.2. The molecular weight excluding hydrogens is 496 g/mol. The van der Waals surface area contributed by atoms with Crippen molar-refractivity contribution in [1.29, 1.82) is 0 Å². The Kier molecular flexibility index (Phi) is 9.40. The second kappa shape index (κ2) is 11.6. The molecule has 0 bridgehead atoms. The van der Waals surface area contributed by atoms with Crippen molar-refractivity contribution in [3.63, 3.8) is 0 Å². The number of hydrogen-bond acceptors (Lipinski definition) is 4. The first-order valence-electron chi connectivity index (χ1n) is 10.4. The van der Waals surface area contributed by atoms with E-state index < -0.39 is 11.6 Å². The van der Waals surface area contributed by atoms with Crippen LogP contribution in [0.25, 0.3) is 0 Å². The summed E-state index contributed by atoms with van der Waals surface area (Å²) in [5.41, 5.74) is 0.462. The second-order valence-electron chi connectivity index (χ2n) is 8.40. The van der Waals surface area contributed by atoms with Gasteiger partial charge in [-0.2, -0.15) is 0 Å². The highest BCUT2D eigenvalue weighted by molar-refractivity contribution is 9.10. The number of hydrogen-bond donors (Lipinski definition) is 1. The predicted octanol–water partition coefficient (Wildman–Crippen LogP) is 5.21. The number of nitrogens with one attached hydrogen (secondary N) is 1. The smallest absolute Gasteiger partial charge is 0.261 e. The fourth-order valence-corrected chi connectivity index (χ4v) is 3.84. The Morgan fingerprint density at radius 2 is 1.81 bits per heavy atom. The van der Waals surface area contributed by atoms with Crippen LogP contribution in [0.15, 0.2) is 46.9 Å². The SMILES string of the molecule is CC[C@@H](C(=O)NC(C)(C)C)N(Cc1ccc(OC)cc1)C(=O)COc1ccc(Br)cc1Cl. The summed E-state index contributed by atoms with van der Waals surface area (Å²) >= 11 is 9.55. The number of nitrogens with zero attached hydrogens (tertiary/aromatic N) is 1. The van der Waals surface area contributed by atoms with Gasteiger partial charge < -0.3 is 19.7 Å². The lowest BCUT2D eigenvalue weighted by Gasteiger charge is -2.33. The average Bonchev–Trinajstić information content (AvgIpc) is 2.72. The molecule has 1 atom stereocenters. The number of carbonyl (C=O) groups excluding carboxylic acids is 2. The molecule has 0 saturated heterocycles. The zero-order chi connectivity index (χ0) is 23.9. The van der Waals surface area contributed by atoms with Crippen molar-refractivity contribution < 1.29 is 19.1 Å². The van der Waals surface area contributed by atoms with Crippen LogP contribution in [0.5, 0.6) is 11.5 Å². The fraction of sp³-hybridized carbons (Fsp3) is 0.417. The molecule has 2 amide bonds. The number of methoxy groups -OCH3 is 1. The van der Waals surface area contributed by atoms with Gasteiger partial charge in [0.1, 0.15) is 17.5 Å². The van der Waals surface area contributed by atoms with Crippen LogP contribution in [-0.2, 0) is 16.1 Å². The van der Waals surface area contributed by atoms with Gasteiger partial charge in [-0.25, -0.2) is 0 Å². The molecule has 0 radical (unpaired) electrons. The van der Waals surface area contributed by atoms with Crippen molar-refractivity contribution in [1.82, 2.24) is 10.2 Å². The summed E-state index contributed by atoms with van der Waals surface area (Å²) in [6.45, 7) is 7.63. The molecular formula is C24H30BrClN2O4. The van der Waals surface area contributed by atoms with E-state index in [1.54, 1.807) is 30.2 Å². The molecule has 0 aliphatic carbocycles. The lowest BCUT2D eigenvalue weighted by atomic mass is 10.1. The largest absolute Gasteiger partial charge is 0.497 e. The molecule has 0 aromatic heterocycles. The van der Waals surface area contributed by atoms with Crippen LogP contribution in [0, 0.1) is 0 Å². The van der Waals surface area contributed by atoms with E-state index in [-0.39, 0.29) is 25.0 Å². The Labute approximate surface area is 203 Å². The minimum Gasteiger partial charge on any atom is -0.497 e. The van der Waals surface area contributed by atoms with Crippen molar-refractivity contribution >= 4 is 39.3 Å². The summed E-state index contributed by atoms with van der Waals surface area (Å²) in [7, 11) is 1.60. The van der Waals surface area contributed by atoms with Crippen molar-refractivity contribution in [3.05, 3.63) is 57.5 Å². The van der Waals surface area contributed by atoms with Gasteiger partial charge in [-0.15, -0.1) is 0 Å². The number of amides is 2. The molecule has 1 N–H and O–H groups in total. The van der Waals surface area contributed by atoms with Crippen LogP contribution in [-0.4, -0.2) is 42.0 Å². The number of rotatable bonds is 9. The Morgan fingerprint density at radius 3 is 2.34 bits per heavy atom. The van der Waals surface area contributed by atoms with Crippen molar-refractivity contribution in [3.8, 4) is 11.5 Å². The lowest BCUT2D eigenvalue weighted by molar-refractivity contribution is -0.143. The molecule has 0 fully saturated rings. The van der Waals surface area contributed by atoms with Crippen molar-refractivity contribution in [2.45, 2.75) is 52.2 Å². The average molecular weight is 526 g/mol. The minimum atomic E-state index is -0.646. The van der Waals surface area contributed by atoms with Gasteiger partial charge in [-0.05, 0) is 63.1 Å². The summed E-state index contributed by atoms with van der Waals surface area (Å²) in [6, 6.07) is 11.9. The summed E-state index contributed by atoms with van der Waals surface area (Å²) in [4.78, 5) is 27.8. The van der Waals surface area contributed by atoms with Gasteiger partial charge in [0.2, 0.25) is 5.91 Å². The molecule has 174 valence electrons. The van der Waals surface area contributed by atoms with E-state index in [2.05, 4.69) is 21.2 Å². The summed E-state index contributed by atoms with van der Waals surface area (Å²) in [5.74, 6) is 0.608. The Hall–Kier alpha value is -2.25. The topological polar surface area (TPSA) is 67.9 Å². The summed E-state index contributed by atoms with van der Waals surface area (Å²) < 4.78 is 11.7. The van der Waals surface area contributed by atoms with Gasteiger partial charge in [0.05, 0.1) is 12.1 Å². The third-order valence-corrected chi connectivity index (χ3v) is 5.43. The molecule has 0 unspecified atom stereocenters. The normalized spacial score (nSPS) is 12.1. The maximum Gasteiger partial charge on any atom is 0.261 e. The molecule has 2 aromatic rings. The first-order valence-corrected chi connectivity index (χ1v) is 11.5. The van der Waals surface area contributed by atoms with E-state index in [0.717, 1.165) is 15.8 Å². The lowest BCUT2D eigenvalue weighted by Crippen LogP contribution is -2.54. The minimum absolute atomic E-state index is 0.205. The van der Waals surface area contributed by atoms with Crippen LogP contribution in [0.2, 0.25) is 5.02 Å². The maximum absolute atomic E-state index is 13.2. The quantitative estimate of drug-likeness (QED) is 0.488. The zero-order valence-corrected chi connectivity index (χ0v) is 21.4. The molecule has 0 saturated carbocycles. The van der Waals surface area contributed by atoms with Crippen LogP contribution >= 0.6 is 27.5 Å². The van der Waals surface area contributed by atoms with Crippen LogP contribution in [0.4, 0.5) is 0 Å². The molecule has 2 aromatic carbocycles. The van der Waals surface area contributed by atoms with E-state index in [9.17, 15) is 9.59 Å². The first-order chi connectivity index (χ1) is 15.0.